The quantitative estimate of drug-likeness (QED) is 0.754. The molecule has 0 amide bonds. The molecule has 0 fully saturated rings. The molecule has 1 aromatic heterocycles. The van der Waals surface area contributed by atoms with Gasteiger partial charge in [-0.25, -0.2) is 9.97 Å². The maximum absolute atomic E-state index is 4.36. The van der Waals surface area contributed by atoms with E-state index < -0.39 is 0 Å². The number of nitrogens with zero attached hydrogens (tertiary/aromatic N) is 2. The average Bonchev–Trinajstić information content (AvgIpc) is 2.52. The van der Waals surface area contributed by atoms with Crippen LogP contribution in [0.2, 0.25) is 0 Å². The first kappa shape index (κ1) is 13.4. The number of rotatable bonds is 4. The van der Waals surface area contributed by atoms with Crippen LogP contribution in [0.25, 0.3) is 10.8 Å². The number of anilines is 3. The second-order valence-electron chi connectivity index (χ2n) is 4.88. The Morgan fingerprint density at radius 3 is 2.57 bits per heavy atom. The fourth-order valence-corrected chi connectivity index (χ4v) is 2.38. The highest BCUT2D eigenvalue weighted by Crippen LogP contribution is 2.28. The van der Waals surface area contributed by atoms with E-state index in [-0.39, 0.29) is 0 Å². The molecule has 0 aliphatic heterocycles. The van der Waals surface area contributed by atoms with Crippen LogP contribution in [0.4, 0.5) is 17.3 Å². The summed E-state index contributed by atoms with van der Waals surface area (Å²) >= 11 is 0. The minimum Gasteiger partial charge on any atom is -0.370 e. The van der Waals surface area contributed by atoms with Gasteiger partial charge in [0.15, 0.2) is 0 Å². The lowest BCUT2D eigenvalue weighted by molar-refractivity contribution is 1.09. The number of fused-ring (bicyclic) bond motifs is 1. The standard InChI is InChI=1S/C17H18N4/c1-3-18-16-12(2)17(20-11-19-16)21-15-10-6-8-13-7-4-5-9-14(13)15/h4-11H,3H2,1-2H3,(H2,18,19,20,21). The van der Waals surface area contributed by atoms with E-state index in [1.807, 2.05) is 25.1 Å². The van der Waals surface area contributed by atoms with Crippen molar-refractivity contribution in [3.8, 4) is 0 Å². The van der Waals surface area contributed by atoms with Crippen LogP contribution in [0.15, 0.2) is 48.8 Å². The molecule has 2 aromatic carbocycles. The Kier molecular flexibility index (Phi) is 3.69. The molecular weight excluding hydrogens is 260 g/mol. The Morgan fingerprint density at radius 2 is 1.71 bits per heavy atom. The fraction of sp³-hybridized carbons (Fsp3) is 0.176. The first-order valence-corrected chi connectivity index (χ1v) is 7.10. The first-order valence-electron chi connectivity index (χ1n) is 7.10. The Labute approximate surface area is 124 Å². The van der Waals surface area contributed by atoms with E-state index in [0.29, 0.717) is 0 Å². The zero-order chi connectivity index (χ0) is 14.7. The van der Waals surface area contributed by atoms with E-state index in [9.17, 15) is 0 Å². The Balaban J connectivity index is 2.01. The van der Waals surface area contributed by atoms with Gasteiger partial charge in [-0.15, -0.1) is 0 Å². The summed E-state index contributed by atoms with van der Waals surface area (Å²) in [5.74, 6) is 1.70. The van der Waals surface area contributed by atoms with Crippen LogP contribution in [0.5, 0.6) is 0 Å². The van der Waals surface area contributed by atoms with E-state index >= 15 is 0 Å². The van der Waals surface area contributed by atoms with Crippen LogP contribution >= 0.6 is 0 Å². The molecule has 0 aliphatic rings. The molecule has 0 aliphatic carbocycles. The predicted octanol–water partition coefficient (Wildman–Crippen LogP) is 4.11. The van der Waals surface area contributed by atoms with Crippen molar-refractivity contribution in [2.75, 3.05) is 17.2 Å². The van der Waals surface area contributed by atoms with Gasteiger partial charge < -0.3 is 10.6 Å². The molecule has 0 saturated carbocycles. The summed E-state index contributed by atoms with van der Waals surface area (Å²) in [5, 5.41) is 9.06. The lowest BCUT2D eigenvalue weighted by Gasteiger charge is -2.13. The van der Waals surface area contributed by atoms with Gasteiger partial charge in [0.2, 0.25) is 0 Å². The molecule has 0 radical (unpaired) electrons. The summed E-state index contributed by atoms with van der Waals surface area (Å²) in [4.78, 5) is 8.63. The zero-order valence-electron chi connectivity index (χ0n) is 12.2. The van der Waals surface area contributed by atoms with Crippen molar-refractivity contribution in [2.24, 2.45) is 0 Å². The lowest BCUT2D eigenvalue weighted by Crippen LogP contribution is -2.05. The molecule has 106 valence electrons. The Bertz CT molecular complexity index is 762. The van der Waals surface area contributed by atoms with Crippen molar-refractivity contribution in [2.45, 2.75) is 13.8 Å². The Morgan fingerprint density at radius 1 is 0.952 bits per heavy atom. The van der Waals surface area contributed by atoms with Gasteiger partial charge in [0.05, 0.1) is 0 Å². The Hall–Kier alpha value is -2.62. The molecule has 4 heteroatoms. The molecule has 1 heterocycles. The van der Waals surface area contributed by atoms with Crippen molar-refractivity contribution >= 4 is 28.1 Å². The van der Waals surface area contributed by atoms with Gasteiger partial charge in [0.1, 0.15) is 18.0 Å². The molecule has 0 spiro atoms. The molecule has 0 saturated heterocycles. The lowest BCUT2D eigenvalue weighted by atomic mass is 10.1. The van der Waals surface area contributed by atoms with E-state index in [1.165, 1.54) is 10.8 Å². The smallest absolute Gasteiger partial charge is 0.138 e. The third-order valence-electron chi connectivity index (χ3n) is 3.47. The van der Waals surface area contributed by atoms with Gasteiger partial charge in [-0.05, 0) is 25.3 Å². The van der Waals surface area contributed by atoms with Crippen molar-refractivity contribution in [1.82, 2.24) is 9.97 Å². The summed E-state index contributed by atoms with van der Waals surface area (Å²) in [5.41, 5.74) is 2.07. The van der Waals surface area contributed by atoms with Crippen molar-refractivity contribution < 1.29 is 0 Å². The predicted molar refractivity (Wildman–Crippen MR) is 88.2 cm³/mol. The monoisotopic (exact) mass is 278 g/mol. The molecule has 0 unspecified atom stereocenters. The van der Waals surface area contributed by atoms with Crippen LogP contribution in [-0.4, -0.2) is 16.5 Å². The van der Waals surface area contributed by atoms with Crippen LogP contribution in [-0.2, 0) is 0 Å². The number of aromatic nitrogens is 2. The second-order valence-corrected chi connectivity index (χ2v) is 4.88. The summed E-state index contributed by atoms with van der Waals surface area (Å²) in [6.07, 6.45) is 1.58. The normalized spacial score (nSPS) is 10.6. The van der Waals surface area contributed by atoms with Crippen molar-refractivity contribution in [3.05, 3.63) is 54.4 Å². The maximum Gasteiger partial charge on any atom is 0.138 e. The third-order valence-corrected chi connectivity index (χ3v) is 3.47. The molecule has 3 aromatic rings. The summed E-state index contributed by atoms with van der Waals surface area (Å²) < 4.78 is 0. The van der Waals surface area contributed by atoms with Gasteiger partial charge in [-0.3, -0.25) is 0 Å². The number of hydrogen-bond donors (Lipinski definition) is 2. The van der Waals surface area contributed by atoms with Crippen LogP contribution in [0.3, 0.4) is 0 Å². The fourth-order valence-electron chi connectivity index (χ4n) is 2.38. The van der Waals surface area contributed by atoms with Gasteiger partial charge in [0.25, 0.3) is 0 Å². The minimum absolute atomic E-state index is 0.831. The number of benzene rings is 2. The van der Waals surface area contributed by atoms with Gasteiger partial charge in [0, 0.05) is 23.2 Å². The molecule has 3 rings (SSSR count). The average molecular weight is 278 g/mol. The minimum atomic E-state index is 0.831. The maximum atomic E-state index is 4.36. The van der Waals surface area contributed by atoms with Crippen LogP contribution < -0.4 is 10.6 Å². The van der Waals surface area contributed by atoms with Crippen molar-refractivity contribution in [1.29, 1.82) is 0 Å². The number of hydrogen-bond acceptors (Lipinski definition) is 4. The highest BCUT2D eigenvalue weighted by molar-refractivity contribution is 5.95. The van der Waals surface area contributed by atoms with Gasteiger partial charge in [-0.2, -0.15) is 0 Å². The number of nitrogens with one attached hydrogen (secondary N) is 2. The molecular formula is C17H18N4. The third kappa shape index (κ3) is 2.65. The van der Waals surface area contributed by atoms with Gasteiger partial charge in [-0.1, -0.05) is 36.4 Å². The largest absolute Gasteiger partial charge is 0.370 e. The van der Waals surface area contributed by atoms with Gasteiger partial charge >= 0.3 is 0 Å². The summed E-state index contributed by atoms with van der Waals surface area (Å²) in [7, 11) is 0. The van der Waals surface area contributed by atoms with Crippen LogP contribution in [0, 0.1) is 6.92 Å². The molecule has 0 bridgehead atoms. The van der Waals surface area contributed by atoms with E-state index in [4.69, 9.17) is 0 Å². The van der Waals surface area contributed by atoms with E-state index in [2.05, 4.69) is 51.8 Å². The van der Waals surface area contributed by atoms with E-state index in [1.54, 1.807) is 6.33 Å². The molecule has 4 nitrogen and oxygen atoms in total. The van der Waals surface area contributed by atoms with E-state index in [0.717, 1.165) is 29.4 Å². The molecule has 2 N–H and O–H groups in total. The SMILES string of the molecule is CCNc1ncnc(Nc2cccc3ccccc23)c1C. The highest BCUT2D eigenvalue weighted by atomic mass is 15.1. The first-order chi connectivity index (χ1) is 10.3. The molecule has 21 heavy (non-hydrogen) atoms. The molecule has 0 atom stereocenters. The van der Waals surface area contributed by atoms with Crippen LogP contribution in [0.1, 0.15) is 12.5 Å². The second kappa shape index (κ2) is 5.79. The highest BCUT2D eigenvalue weighted by Gasteiger charge is 2.08. The summed E-state index contributed by atoms with van der Waals surface area (Å²) in [6.45, 7) is 4.91. The van der Waals surface area contributed by atoms with Crippen molar-refractivity contribution in [3.63, 3.8) is 0 Å². The zero-order valence-corrected chi connectivity index (χ0v) is 12.2. The topological polar surface area (TPSA) is 49.8 Å². The summed E-state index contributed by atoms with van der Waals surface area (Å²) in [6, 6.07) is 14.5.